The van der Waals surface area contributed by atoms with E-state index in [1.54, 1.807) is 17.7 Å². The predicted octanol–water partition coefficient (Wildman–Crippen LogP) is 2.19. The highest BCUT2D eigenvalue weighted by Crippen LogP contribution is 2.18. The van der Waals surface area contributed by atoms with Gasteiger partial charge in [-0.2, -0.15) is 5.10 Å². The molecule has 0 atom stereocenters. The number of nitrogens with two attached hydrogens (primary N) is 1. The van der Waals surface area contributed by atoms with Gasteiger partial charge in [0.1, 0.15) is 11.6 Å². The van der Waals surface area contributed by atoms with Crippen LogP contribution in [-0.4, -0.2) is 16.3 Å². The lowest BCUT2D eigenvalue weighted by atomic mass is 10.1. The third kappa shape index (κ3) is 2.94. The molecule has 0 bridgehead atoms. The van der Waals surface area contributed by atoms with Crippen molar-refractivity contribution in [3.8, 4) is 5.75 Å². The number of aryl methyl sites for hydroxylation is 1. The minimum absolute atomic E-state index is 0.194. The normalized spacial score (nSPS) is 10.9. The second kappa shape index (κ2) is 4.84. The van der Waals surface area contributed by atoms with Crippen LogP contribution in [0, 0.1) is 6.92 Å². The Morgan fingerprint density at radius 1 is 1.53 bits per heavy atom. The van der Waals surface area contributed by atoms with E-state index in [4.69, 9.17) is 5.73 Å². The van der Waals surface area contributed by atoms with Crippen LogP contribution in [0.2, 0.25) is 0 Å². The molecule has 88 valence electrons. The Bertz CT molecular complexity index is 550. The Balaban J connectivity index is 2.07. The molecule has 1 aromatic carbocycles. The molecule has 2 aromatic rings. The van der Waals surface area contributed by atoms with Crippen molar-refractivity contribution in [2.75, 3.05) is 11.2 Å². The molecule has 0 spiro atoms. The van der Waals surface area contributed by atoms with Gasteiger partial charge in [-0.3, -0.25) is 5.43 Å². The summed E-state index contributed by atoms with van der Waals surface area (Å²) in [5.74, 6) is 0.658. The van der Waals surface area contributed by atoms with Crippen LogP contribution in [0.4, 0.5) is 10.9 Å². The number of phenols is 1. The van der Waals surface area contributed by atoms with Gasteiger partial charge in [0.25, 0.3) is 0 Å². The van der Waals surface area contributed by atoms with Crippen LogP contribution in [0.15, 0.2) is 28.7 Å². The zero-order valence-corrected chi connectivity index (χ0v) is 10.0. The third-order valence-electron chi connectivity index (χ3n) is 2.07. The highest BCUT2D eigenvalue weighted by Gasteiger charge is 1.98. The summed E-state index contributed by atoms with van der Waals surface area (Å²) in [4.78, 5) is 3.99. The average molecular weight is 248 g/mol. The van der Waals surface area contributed by atoms with E-state index in [1.807, 2.05) is 19.1 Å². The number of hydrogen-bond acceptors (Lipinski definition) is 6. The molecule has 4 N–H and O–H groups in total. The molecule has 1 heterocycles. The van der Waals surface area contributed by atoms with Crippen molar-refractivity contribution >= 4 is 28.5 Å². The molecule has 0 aliphatic rings. The molecule has 5 nitrogen and oxygen atoms in total. The molecular weight excluding hydrogens is 236 g/mol. The second-order valence-electron chi connectivity index (χ2n) is 3.51. The van der Waals surface area contributed by atoms with Crippen molar-refractivity contribution in [2.45, 2.75) is 6.92 Å². The van der Waals surface area contributed by atoms with Crippen molar-refractivity contribution in [3.63, 3.8) is 0 Å². The van der Waals surface area contributed by atoms with Crippen molar-refractivity contribution < 1.29 is 5.11 Å². The first kappa shape index (κ1) is 11.4. The van der Waals surface area contributed by atoms with E-state index in [0.29, 0.717) is 16.5 Å². The van der Waals surface area contributed by atoms with Crippen LogP contribution in [0.1, 0.15) is 11.1 Å². The molecule has 0 radical (unpaired) electrons. The Labute approximate surface area is 103 Å². The molecule has 0 fully saturated rings. The van der Waals surface area contributed by atoms with E-state index in [-0.39, 0.29) is 5.75 Å². The van der Waals surface area contributed by atoms with Crippen molar-refractivity contribution in [3.05, 3.63) is 34.7 Å². The molecule has 0 amide bonds. The van der Waals surface area contributed by atoms with Crippen LogP contribution in [-0.2, 0) is 0 Å². The van der Waals surface area contributed by atoms with Gasteiger partial charge < -0.3 is 10.8 Å². The molecular formula is C11H12N4OS. The van der Waals surface area contributed by atoms with Crippen molar-refractivity contribution in [2.24, 2.45) is 5.10 Å². The van der Waals surface area contributed by atoms with Gasteiger partial charge in [-0.05, 0) is 19.1 Å². The van der Waals surface area contributed by atoms with Gasteiger partial charge in [0.15, 0.2) is 0 Å². The average Bonchev–Trinajstić information content (AvgIpc) is 2.69. The van der Waals surface area contributed by atoms with Gasteiger partial charge in [0.2, 0.25) is 5.13 Å². The number of nitrogens with one attached hydrogen (secondary N) is 1. The molecule has 17 heavy (non-hydrogen) atoms. The van der Waals surface area contributed by atoms with E-state index >= 15 is 0 Å². The number of hydrazone groups is 1. The highest BCUT2D eigenvalue weighted by molar-refractivity contribution is 7.14. The molecule has 0 saturated heterocycles. The summed E-state index contributed by atoms with van der Waals surface area (Å²) in [5.41, 5.74) is 9.93. The number of aromatic nitrogens is 1. The summed E-state index contributed by atoms with van der Waals surface area (Å²) < 4.78 is 0. The van der Waals surface area contributed by atoms with E-state index in [9.17, 15) is 5.11 Å². The minimum atomic E-state index is 0.194. The Kier molecular flexibility index (Phi) is 3.24. The number of benzene rings is 1. The van der Waals surface area contributed by atoms with E-state index in [1.165, 1.54) is 11.3 Å². The highest BCUT2D eigenvalue weighted by atomic mass is 32.1. The predicted molar refractivity (Wildman–Crippen MR) is 70.6 cm³/mol. The van der Waals surface area contributed by atoms with Gasteiger partial charge in [0.05, 0.1) is 6.21 Å². The number of hydrogen-bond donors (Lipinski definition) is 3. The molecule has 0 aliphatic carbocycles. The summed E-state index contributed by atoms with van der Waals surface area (Å²) >= 11 is 1.37. The first-order valence-electron chi connectivity index (χ1n) is 4.95. The van der Waals surface area contributed by atoms with E-state index in [2.05, 4.69) is 15.5 Å². The molecule has 0 aliphatic heterocycles. The Morgan fingerprint density at radius 3 is 3.06 bits per heavy atom. The largest absolute Gasteiger partial charge is 0.507 e. The van der Waals surface area contributed by atoms with E-state index in [0.717, 1.165) is 5.56 Å². The van der Waals surface area contributed by atoms with Crippen LogP contribution >= 0.6 is 11.3 Å². The summed E-state index contributed by atoms with van der Waals surface area (Å²) in [6, 6.07) is 5.32. The van der Waals surface area contributed by atoms with Gasteiger partial charge in [-0.1, -0.05) is 11.6 Å². The fourth-order valence-electron chi connectivity index (χ4n) is 1.27. The van der Waals surface area contributed by atoms with E-state index < -0.39 is 0 Å². The monoisotopic (exact) mass is 248 g/mol. The van der Waals surface area contributed by atoms with Crippen LogP contribution < -0.4 is 11.2 Å². The van der Waals surface area contributed by atoms with Crippen LogP contribution in [0.25, 0.3) is 0 Å². The van der Waals surface area contributed by atoms with Gasteiger partial charge in [0, 0.05) is 10.9 Å². The molecule has 0 saturated carbocycles. The number of rotatable bonds is 3. The second-order valence-corrected chi connectivity index (χ2v) is 4.37. The number of phenolic OH excluding ortho intramolecular Hbond substituents is 1. The van der Waals surface area contributed by atoms with Gasteiger partial charge in [-0.15, -0.1) is 11.3 Å². The number of aromatic hydroxyl groups is 1. The van der Waals surface area contributed by atoms with Gasteiger partial charge in [-0.25, -0.2) is 4.98 Å². The first-order valence-corrected chi connectivity index (χ1v) is 5.83. The number of anilines is 2. The third-order valence-corrected chi connectivity index (χ3v) is 2.83. The molecule has 0 unspecified atom stereocenters. The lowest BCUT2D eigenvalue weighted by Gasteiger charge is -1.99. The maximum absolute atomic E-state index is 9.58. The Hall–Kier alpha value is -2.08. The number of thiazole rings is 1. The summed E-state index contributed by atoms with van der Waals surface area (Å²) in [6.07, 6.45) is 1.54. The quantitative estimate of drug-likeness (QED) is 0.574. The minimum Gasteiger partial charge on any atom is -0.507 e. The molecule has 2 rings (SSSR count). The van der Waals surface area contributed by atoms with Crippen molar-refractivity contribution in [1.82, 2.24) is 4.98 Å². The lowest BCUT2D eigenvalue weighted by molar-refractivity contribution is 0.474. The maximum Gasteiger partial charge on any atom is 0.205 e. The number of nitrogens with zero attached hydrogens (tertiary/aromatic N) is 2. The standard InChI is InChI=1S/C11H12N4OS/c1-7-2-3-9(16)8(4-7)5-13-15-11-14-10(12)6-17-11/h2-6,16H,12H2,1H3,(H,14,15). The fraction of sp³-hybridized carbons (Fsp3) is 0.0909. The number of nitrogen functional groups attached to an aromatic ring is 1. The Morgan fingerprint density at radius 2 is 2.35 bits per heavy atom. The SMILES string of the molecule is Cc1ccc(O)c(C=NNc2nc(N)cs2)c1. The smallest absolute Gasteiger partial charge is 0.205 e. The zero-order valence-electron chi connectivity index (χ0n) is 9.21. The van der Waals surface area contributed by atoms with Gasteiger partial charge >= 0.3 is 0 Å². The summed E-state index contributed by atoms with van der Waals surface area (Å²) in [7, 11) is 0. The summed E-state index contributed by atoms with van der Waals surface area (Å²) in [6.45, 7) is 1.95. The maximum atomic E-state index is 9.58. The molecule has 1 aromatic heterocycles. The lowest BCUT2D eigenvalue weighted by Crippen LogP contribution is -1.92. The topological polar surface area (TPSA) is 83.5 Å². The van der Waals surface area contributed by atoms with Crippen LogP contribution in [0.5, 0.6) is 5.75 Å². The first-order chi connectivity index (χ1) is 8.15. The zero-order chi connectivity index (χ0) is 12.3. The summed E-state index contributed by atoms with van der Waals surface area (Å²) in [5, 5.41) is 15.9. The fourth-order valence-corrected chi connectivity index (χ4v) is 1.82. The molecule has 6 heteroatoms. The van der Waals surface area contributed by atoms with Crippen LogP contribution in [0.3, 0.4) is 0 Å². The van der Waals surface area contributed by atoms with Crippen molar-refractivity contribution in [1.29, 1.82) is 0 Å².